The molecule has 0 saturated carbocycles. The minimum absolute atomic E-state index is 0.141. The molecule has 4 nitrogen and oxygen atoms in total. The van der Waals surface area contributed by atoms with Crippen LogP contribution in [-0.2, 0) is 6.42 Å². The number of hydrogen-bond donors (Lipinski definition) is 1. The Labute approximate surface area is 96.0 Å². The molecule has 0 spiro atoms. The van der Waals surface area contributed by atoms with E-state index in [1.165, 1.54) is 6.07 Å². The number of nitrogens with zero attached hydrogens (tertiary/aromatic N) is 1. The van der Waals surface area contributed by atoms with Crippen LogP contribution in [0.4, 0.5) is 8.78 Å². The first-order valence-corrected chi connectivity index (χ1v) is 4.75. The van der Waals surface area contributed by atoms with Gasteiger partial charge < -0.3 is 9.84 Å². The number of aromatic carboxylic acids is 1. The van der Waals surface area contributed by atoms with Gasteiger partial charge in [0.05, 0.1) is 5.56 Å². The number of hydrogen-bond acceptors (Lipinski definition) is 3. The van der Waals surface area contributed by atoms with Gasteiger partial charge in [0.1, 0.15) is 17.4 Å². The number of benzene rings is 1. The number of carboxylic acid groups (broad SMARTS) is 1. The molecule has 0 bridgehead atoms. The van der Waals surface area contributed by atoms with Crippen molar-refractivity contribution in [2.24, 2.45) is 0 Å². The zero-order chi connectivity index (χ0) is 13.0. The van der Waals surface area contributed by atoms with E-state index in [2.05, 4.69) is 4.74 Å². The molecule has 1 rings (SSSR count). The Morgan fingerprint density at radius 3 is 2.65 bits per heavy atom. The summed E-state index contributed by atoms with van der Waals surface area (Å²) in [7, 11) is 0. The zero-order valence-electron chi connectivity index (χ0n) is 8.91. The fraction of sp³-hybridized carbons (Fsp3) is 0.273. The van der Waals surface area contributed by atoms with Crippen LogP contribution in [0.1, 0.15) is 28.4 Å². The van der Waals surface area contributed by atoms with Crippen molar-refractivity contribution in [2.45, 2.75) is 20.0 Å². The first-order chi connectivity index (χ1) is 8.01. The zero-order valence-corrected chi connectivity index (χ0v) is 8.91. The molecule has 0 aliphatic rings. The Balaban J connectivity index is 3.43. The van der Waals surface area contributed by atoms with Crippen molar-refractivity contribution >= 4 is 5.97 Å². The number of halogens is 2. The predicted molar refractivity (Wildman–Crippen MR) is 54.1 cm³/mol. The maximum absolute atomic E-state index is 12.1. The molecule has 1 aromatic rings. The molecule has 6 heteroatoms. The van der Waals surface area contributed by atoms with Crippen LogP contribution in [0.15, 0.2) is 12.1 Å². The first-order valence-electron chi connectivity index (χ1n) is 4.75. The number of rotatable bonds is 4. The lowest BCUT2D eigenvalue weighted by atomic mass is 9.99. The largest absolute Gasteiger partial charge is 0.478 e. The van der Waals surface area contributed by atoms with Crippen molar-refractivity contribution in [3.8, 4) is 11.8 Å². The van der Waals surface area contributed by atoms with E-state index in [0.29, 0.717) is 12.0 Å². The molecular formula is C11H9F2NO3. The number of aryl methyl sites for hydroxylation is 1. The molecule has 0 radical (unpaired) electrons. The van der Waals surface area contributed by atoms with Crippen LogP contribution in [0.2, 0.25) is 0 Å². The van der Waals surface area contributed by atoms with Crippen molar-refractivity contribution < 1.29 is 23.4 Å². The first kappa shape index (κ1) is 12.9. The van der Waals surface area contributed by atoms with Gasteiger partial charge in [-0.1, -0.05) is 13.0 Å². The monoisotopic (exact) mass is 241 g/mol. The van der Waals surface area contributed by atoms with E-state index in [4.69, 9.17) is 10.4 Å². The molecular weight excluding hydrogens is 232 g/mol. The lowest BCUT2D eigenvalue weighted by molar-refractivity contribution is -0.0503. The number of alkyl halides is 2. The average molecular weight is 241 g/mol. The second-order valence-corrected chi connectivity index (χ2v) is 3.12. The maximum Gasteiger partial charge on any atom is 0.387 e. The summed E-state index contributed by atoms with van der Waals surface area (Å²) in [5, 5.41) is 17.8. The summed E-state index contributed by atoms with van der Waals surface area (Å²) in [5.74, 6) is -1.96. The lowest BCUT2D eigenvalue weighted by Gasteiger charge is -2.11. The summed E-state index contributed by atoms with van der Waals surface area (Å²) < 4.78 is 28.3. The highest BCUT2D eigenvalue weighted by atomic mass is 19.3. The third-order valence-corrected chi connectivity index (χ3v) is 2.18. The summed E-state index contributed by atoms with van der Waals surface area (Å²) in [5.41, 5.74) is -0.184. The van der Waals surface area contributed by atoms with Crippen molar-refractivity contribution in [3.63, 3.8) is 0 Å². The minimum atomic E-state index is -3.13. The summed E-state index contributed by atoms with van der Waals surface area (Å²) in [6.07, 6.45) is 0.429. The smallest absolute Gasteiger partial charge is 0.387 e. The molecule has 0 aliphatic carbocycles. The molecule has 0 saturated heterocycles. The van der Waals surface area contributed by atoms with E-state index >= 15 is 0 Å². The topological polar surface area (TPSA) is 70.3 Å². The number of ether oxygens (including phenoxy) is 1. The van der Waals surface area contributed by atoms with Crippen LogP contribution in [0.25, 0.3) is 0 Å². The Bertz CT molecular complexity index is 480. The van der Waals surface area contributed by atoms with Crippen LogP contribution in [0.5, 0.6) is 5.75 Å². The van der Waals surface area contributed by atoms with Crippen LogP contribution in [0, 0.1) is 11.3 Å². The van der Waals surface area contributed by atoms with E-state index in [-0.39, 0.29) is 5.56 Å². The van der Waals surface area contributed by atoms with Gasteiger partial charge in [-0.15, -0.1) is 0 Å². The summed E-state index contributed by atoms with van der Waals surface area (Å²) in [6, 6.07) is 4.24. The van der Waals surface area contributed by atoms with Gasteiger partial charge in [-0.25, -0.2) is 4.79 Å². The molecule has 90 valence electrons. The highest BCUT2D eigenvalue weighted by Gasteiger charge is 2.21. The van der Waals surface area contributed by atoms with Gasteiger partial charge in [0.15, 0.2) is 0 Å². The molecule has 0 unspecified atom stereocenters. The SMILES string of the molecule is CCc1ccc(OC(F)F)c(C(=O)O)c1C#N. The third-order valence-electron chi connectivity index (χ3n) is 2.18. The normalized spacial score (nSPS) is 10.1. The molecule has 0 fully saturated rings. The van der Waals surface area contributed by atoms with E-state index < -0.39 is 23.9 Å². The minimum Gasteiger partial charge on any atom is -0.478 e. The van der Waals surface area contributed by atoms with Gasteiger partial charge in [-0.2, -0.15) is 14.0 Å². The van der Waals surface area contributed by atoms with Crippen LogP contribution < -0.4 is 4.74 Å². The standard InChI is InChI=1S/C11H9F2NO3/c1-2-6-3-4-8(17-11(12)13)9(10(15)16)7(6)5-14/h3-4,11H,2H2,1H3,(H,15,16). The van der Waals surface area contributed by atoms with Gasteiger partial charge >= 0.3 is 12.6 Å². The summed E-state index contributed by atoms with van der Waals surface area (Å²) in [4.78, 5) is 11.0. The summed E-state index contributed by atoms with van der Waals surface area (Å²) >= 11 is 0. The molecule has 1 N–H and O–H groups in total. The molecule has 0 atom stereocenters. The van der Waals surface area contributed by atoms with Gasteiger partial charge in [-0.3, -0.25) is 0 Å². The quantitative estimate of drug-likeness (QED) is 0.878. The van der Waals surface area contributed by atoms with Crippen LogP contribution in [0.3, 0.4) is 0 Å². The highest BCUT2D eigenvalue weighted by Crippen LogP contribution is 2.27. The Morgan fingerprint density at radius 1 is 1.59 bits per heavy atom. The number of carbonyl (C=O) groups is 1. The second kappa shape index (κ2) is 5.25. The fourth-order valence-corrected chi connectivity index (χ4v) is 1.46. The van der Waals surface area contributed by atoms with Gasteiger partial charge in [0.25, 0.3) is 0 Å². The maximum atomic E-state index is 12.1. The molecule has 1 aromatic carbocycles. The van der Waals surface area contributed by atoms with Crippen molar-refractivity contribution in [1.29, 1.82) is 5.26 Å². The van der Waals surface area contributed by atoms with Gasteiger partial charge in [0, 0.05) is 0 Å². The summed E-state index contributed by atoms with van der Waals surface area (Å²) in [6.45, 7) is -1.40. The fourth-order valence-electron chi connectivity index (χ4n) is 1.46. The lowest BCUT2D eigenvalue weighted by Crippen LogP contribution is -2.10. The molecule has 0 aliphatic heterocycles. The number of carboxylic acids is 1. The van der Waals surface area contributed by atoms with E-state index in [0.717, 1.165) is 6.07 Å². The molecule has 17 heavy (non-hydrogen) atoms. The van der Waals surface area contributed by atoms with Crippen LogP contribution in [-0.4, -0.2) is 17.7 Å². The van der Waals surface area contributed by atoms with Gasteiger partial charge in [-0.05, 0) is 18.1 Å². The van der Waals surface area contributed by atoms with E-state index in [1.54, 1.807) is 13.0 Å². The Morgan fingerprint density at radius 2 is 2.24 bits per heavy atom. The van der Waals surface area contributed by atoms with E-state index in [1.807, 2.05) is 0 Å². The van der Waals surface area contributed by atoms with E-state index in [9.17, 15) is 13.6 Å². The van der Waals surface area contributed by atoms with Crippen LogP contribution >= 0.6 is 0 Å². The van der Waals surface area contributed by atoms with Crippen molar-refractivity contribution in [3.05, 3.63) is 28.8 Å². The van der Waals surface area contributed by atoms with Gasteiger partial charge in [0.2, 0.25) is 0 Å². The molecule has 0 aromatic heterocycles. The second-order valence-electron chi connectivity index (χ2n) is 3.12. The van der Waals surface area contributed by atoms with Crippen molar-refractivity contribution in [1.82, 2.24) is 0 Å². The van der Waals surface area contributed by atoms with Crippen molar-refractivity contribution in [2.75, 3.05) is 0 Å². The molecule has 0 heterocycles. The Kier molecular flexibility index (Phi) is 3.99. The average Bonchev–Trinajstić information content (AvgIpc) is 2.26. The third kappa shape index (κ3) is 2.69. The number of nitriles is 1. The highest BCUT2D eigenvalue weighted by molar-refractivity contribution is 5.94. The molecule has 0 amide bonds. The predicted octanol–water partition coefficient (Wildman–Crippen LogP) is 2.42. The Hall–Kier alpha value is -2.16.